The minimum absolute atomic E-state index is 0.183. The molecular formula is C29H33ClFN5O4S. The molecule has 1 saturated heterocycles. The predicted octanol–water partition coefficient (Wildman–Crippen LogP) is 5.65. The van der Waals surface area contributed by atoms with Gasteiger partial charge in [-0.3, -0.25) is 4.79 Å². The largest absolute Gasteiger partial charge is 0.355 e. The SMILES string of the molecule is Cc1cc(Nc2cc(S(=O)(=O)NC(=O)NC(C)C)ncc2C(=O)N2CCC(c3ccc(F)cc3)CC2)c(C)cc1Cl. The van der Waals surface area contributed by atoms with Crippen LogP contribution < -0.4 is 15.4 Å². The molecule has 0 saturated carbocycles. The molecule has 3 N–H and O–H groups in total. The average Bonchev–Trinajstić information content (AvgIpc) is 2.91. The molecule has 0 atom stereocenters. The summed E-state index contributed by atoms with van der Waals surface area (Å²) in [7, 11) is -4.34. The number of nitrogens with one attached hydrogen (secondary N) is 3. The lowest BCUT2D eigenvalue weighted by atomic mass is 9.89. The maximum atomic E-state index is 13.7. The van der Waals surface area contributed by atoms with E-state index in [2.05, 4.69) is 15.6 Å². The molecule has 3 aromatic rings. The van der Waals surface area contributed by atoms with Crippen molar-refractivity contribution in [2.45, 2.75) is 57.5 Å². The van der Waals surface area contributed by atoms with Gasteiger partial charge in [-0.05, 0) is 87.4 Å². The molecule has 0 spiro atoms. The summed E-state index contributed by atoms with van der Waals surface area (Å²) < 4.78 is 41.2. The number of sulfonamides is 1. The van der Waals surface area contributed by atoms with Crippen LogP contribution in [0.25, 0.3) is 0 Å². The maximum Gasteiger partial charge on any atom is 0.328 e. The number of piperidine rings is 1. The zero-order valence-corrected chi connectivity index (χ0v) is 24.9. The third-order valence-corrected chi connectivity index (χ3v) is 8.57. The van der Waals surface area contributed by atoms with Crippen molar-refractivity contribution in [3.05, 3.63) is 81.8 Å². The zero-order valence-electron chi connectivity index (χ0n) is 23.3. The number of nitrogens with zero attached hydrogens (tertiary/aromatic N) is 2. The summed E-state index contributed by atoms with van der Waals surface area (Å²) in [5, 5.41) is 5.81. The molecule has 2 heterocycles. The summed E-state index contributed by atoms with van der Waals surface area (Å²) in [5.41, 5.74) is 3.65. The molecule has 2 aromatic carbocycles. The summed E-state index contributed by atoms with van der Waals surface area (Å²) in [6.07, 6.45) is 2.61. The van der Waals surface area contributed by atoms with Crippen molar-refractivity contribution in [1.82, 2.24) is 19.9 Å². The maximum absolute atomic E-state index is 13.7. The lowest BCUT2D eigenvalue weighted by molar-refractivity contribution is 0.0713. The van der Waals surface area contributed by atoms with Gasteiger partial charge in [-0.25, -0.2) is 18.9 Å². The van der Waals surface area contributed by atoms with Crippen molar-refractivity contribution in [2.75, 3.05) is 18.4 Å². The lowest BCUT2D eigenvalue weighted by Crippen LogP contribution is -2.42. The number of amides is 3. The number of aromatic nitrogens is 1. The Labute approximate surface area is 244 Å². The fourth-order valence-corrected chi connectivity index (χ4v) is 5.80. The summed E-state index contributed by atoms with van der Waals surface area (Å²) in [6.45, 7) is 8.01. The molecule has 1 aliphatic heterocycles. The second kappa shape index (κ2) is 12.4. The Hall–Kier alpha value is -3.70. The number of benzene rings is 2. The van der Waals surface area contributed by atoms with E-state index >= 15 is 0 Å². The smallest absolute Gasteiger partial charge is 0.328 e. The number of likely N-dealkylation sites (tertiary alicyclic amines) is 1. The highest BCUT2D eigenvalue weighted by atomic mass is 35.5. The highest BCUT2D eigenvalue weighted by molar-refractivity contribution is 7.90. The van der Waals surface area contributed by atoms with Gasteiger partial charge in [-0.1, -0.05) is 23.7 Å². The van der Waals surface area contributed by atoms with Crippen LogP contribution in [-0.2, 0) is 10.0 Å². The van der Waals surface area contributed by atoms with Gasteiger partial charge < -0.3 is 15.5 Å². The van der Waals surface area contributed by atoms with Gasteiger partial charge in [-0.2, -0.15) is 8.42 Å². The van der Waals surface area contributed by atoms with Crippen LogP contribution in [0.5, 0.6) is 0 Å². The molecule has 1 fully saturated rings. The Morgan fingerprint density at radius 3 is 2.32 bits per heavy atom. The lowest BCUT2D eigenvalue weighted by Gasteiger charge is -2.32. The van der Waals surface area contributed by atoms with Crippen LogP contribution in [0.15, 0.2) is 53.7 Å². The average molecular weight is 602 g/mol. The van der Waals surface area contributed by atoms with E-state index in [1.165, 1.54) is 24.4 Å². The number of hydrogen-bond donors (Lipinski definition) is 3. The molecule has 12 heteroatoms. The van der Waals surface area contributed by atoms with E-state index in [4.69, 9.17) is 11.6 Å². The standard InChI is InChI=1S/C29H33ClFN5O4S/c1-17(2)33-29(38)35-41(39,40)27-15-26(34-25-14-18(3)24(30)13-19(25)4)23(16-32-27)28(37)36-11-9-21(10-12-36)20-5-7-22(31)8-6-20/h5-8,13-17,21H,9-12H2,1-4H3,(H,32,34)(H2,33,35,38). The van der Waals surface area contributed by atoms with Gasteiger partial charge in [0.15, 0.2) is 5.03 Å². The quantitative estimate of drug-likeness (QED) is 0.322. The minimum Gasteiger partial charge on any atom is -0.355 e. The summed E-state index contributed by atoms with van der Waals surface area (Å²) in [6, 6.07) is 10.1. The second-order valence-corrected chi connectivity index (χ2v) is 12.5. The fourth-order valence-electron chi connectivity index (χ4n) is 4.70. The monoisotopic (exact) mass is 601 g/mol. The molecule has 0 radical (unpaired) electrons. The number of anilines is 2. The van der Waals surface area contributed by atoms with E-state index in [0.717, 1.165) is 16.7 Å². The number of carbonyl (C=O) groups excluding carboxylic acids is 2. The van der Waals surface area contributed by atoms with Crippen LogP contribution in [0, 0.1) is 19.7 Å². The third-order valence-electron chi connectivity index (χ3n) is 6.93. The Bertz CT molecular complexity index is 1560. The van der Waals surface area contributed by atoms with Crippen LogP contribution in [0.3, 0.4) is 0 Å². The van der Waals surface area contributed by atoms with E-state index in [9.17, 15) is 22.4 Å². The molecule has 0 aliphatic carbocycles. The Morgan fingerprint density at radius 2 is 1.68 bits per heavy atom. The molecule has 9 nitrogen and oxygen atoms in total. The third kappa shape index (κ3) is 7.34. The van der Waals surface area contributed by atoms with Gasteiger partial charge in [0.25, 0.3) is 15.9 Å². The fraction of sp³-hybridized carbons (Fsp3) is 0.345. The first kappa shape index (κ1) is 30.3. The van der Waals surface area contributed by atoms with Crippen LogP contribution >= 0.6 is 11.6 Å². The van der Waals surface area contributed by atoms with Crippen molar-refractivity contribution < 1.29 is 22.4 Å². The van der Waals surface area contributed by atoms with Crippen molar-refractivity contribution in [3.8, 4) is 0 Å². The molecule has 41 heavy (non-hydrogen) atoms. The van der Waals surface area contributed by atoms with Crippen LogP contribution in [0.1, 0.15) is 59.7 Å². The zero-order chi connectivity index (χ0) is 29.9. The number of pyridine rings is 1. The van der Waals surface area contributed by atoms with Crippen molar-refractivity contribution in [3.63, 3.8) is 0 Å². The van der Waals surface area contributed by atoms with Gasteiger partial charge in [0.2, 0.25) is 0 Å². The van der Waals surface area contributed by atoms with Gasteiger partial charge in [-0.15, -0.1) is 0 Å². The highest BCUT2D eigenvalue weighted by Crippen LogP contribution is 2.32. The van der Waals surface area contributed by atoms with E-state index in [1.54, 1.807) is 36.9 Å². The molecule has 4 rings (SSSR count). The number of rotatable bonds is 7. The number of aryl methyl sites for hydroxylation is 2. The predicted molar refractivity (Wildman–Crippen MR) is 157 cm³/mol. The van der Waals surface area contributed by atoms with Gasteiger partial charge in [0, 0.05) is 42.1 Å². The molecule has 0 unspecified atom stereocenters. The molecule has 0 bridgehead atoms. The van der Waals surface area contributed by atoms with Crippen molar-refractivity contribution >= 4 is 44.9 Å². The Kier molecular flexibility index (Phi) is 9.18. The van der Waals surface area contributed by atoms with Gasteiger partial charge >= 0.3 is 6.03 Å². The Balaban J connectivity index is 1.63. The van der Waals surface area contributed by atoms with Gasteiger partial charge in [0.05, 0.1) is 11.3 Å². The van der Waals surface area contributed by atoms with Crippen molar-refractivity contribution in [2.24, 2.45) is 0 Å². The van der Waals surface area contributed by atoms with E-state index < -0.39 is 21.1 Å². The van der Waals surface area contributed by atoms with Crippen LogP contribution in [-0.4, -0.2) is 49.4 Å². The van der Waals surface area contributed by atoms with Crippen molar-refractivity contribution in [1.29, 1.82) is 0 Å². The number of carbonyl (C=O) groups is 2. The van der Waals surface area contributed by atoms with E-state index in [0.29, 0.717) is 36.6 Å². The molecule has 1 aromatic heterocycles. The normalized spacial score (nSPS) is 14.2. The van der Waals surface area contributed by atoms with E-state index in [1.807, 2.05) is 24.6 Å². The summed E-state index contributed by atoms with van der Waals surface area (Å²) >= 11 is 6.26. The summed E-state index contributed by atoms with van der Waals surface area (Å²) in [4.78, 5) is 31.6. The number of hydrogen-bond acceptors (Lipinski definition) is 6. The number of urea groups is 1. The first-order chi connectivity index (χ1) is 19.3. The van der Waals surface area contributed by atoms with Crippen LogP contribution in [0.4, 0.5) is 20.6 Å². The molecule has 1 aliphatic rings. The first-order valence-electron chi connectivity index (χ1n) is 13.3. The first-order valence-corrected chi connectivity index (χ1v) is 15.1. The molecule has 218 valence electrons. The minimum atomic E-state index is -4.34. The molecular weight excluding hydrogens is 569 g/mol. The highest BCUT2D eigenvalue weighted by Gasteiger charge is 2.28. The van der Waals surface area contributed by atoms with Crippen LogP contribution in [0.2, 0.25) is 5.02 Å². The Morgan fingerprint density at radius 1 is 1.02 bits per heavy atom. The second-order valence-electron chi connectivity index (χ2n) is 10.5. The number of halogens is 2. The van der Waals surface area contributed by atoms with E-state index in [-0.39, 0.29) is 34.9 Å². The topological polar surface area (TPSA) is 121 Å². The summed E-state index contributed by atoms with van der Waals surface area (Å²) in [5.74, 6) is -0.401. The van der Waals surface area contributed by atoms with Gasteiger partial charge in [0.1, 0.15) is 5.82 Å². The molecule has 3 amide bonds.